The molecule has 3 aromatic carbocycles. The fourth-order valence-corrected chi connectivity index (χ4v) is 5.63. The van der Waals surface area contributed by atoms with E-state index in [9.17, 15) is 29.6 Å². The summed E-state index contributed by atoms with van der Waals surface area (Å²) < 4.78 is 5.59. The number of ketones is 1. The van der Waals surface area contributed by atoms with Crippen LogP contribution in [0.4, 0.5) is 5.69 Å². The lowest BCUT2D eigenvalue weighted by Crippen LogP contribution is -2.60. The van der Waals surface area contributed by atoms with Crippen LogP contribution in [0.3, 0.4) is 0 Å². The quantitative estimate of drug-likeness (QED) is 0.136. The Hall–Kier alpha value is -4.63. The van der Waals surface area contributed by atoms with Crippen molar-refractivity contribution in [2.24, 2.45) is 11.8 Å². The first-order chi connectivity index (χ1) is 19.2. The summed E-state index contributed by atoms with van der Waals surface area (Å²) in [5.74, 6) is -1.42. The molecule has 0 saturated carbocycles. The number of amides is 1. The van der Waals surface area contributed by atoms with Gasteiger partial charge in [-0.15, -0.1) is 0 Å². The van der Waals surface area contributed by atoms with Crippen molar-refractivity contribution in [1.82, 2.24) is 4.90 Å². The zero-order valence-electron chi connectivity index (χ0n) is 22.1. The molecule has 3 aromatic rings. The molecule has 1 fully saturated rings. The highest BCUT2D eigenvalue weighted by Crippen LogP contribution is 2.50. The molecule has 3 atom stereocenters. The van der Waals surface area contributed by atoms with Gasteiger partial charge in [0, 0.05) is 30.2 Å². The predicted molar refractivity (Wildman–Crippen MR) is 147 cm³/mol. The van der Waals surface area contributed by atoms with Crippen molar-refractivity contribution in [1.29, 1.82) is 0 Å². The number of rotatable bonds is 9. The minimum atomic E-state index is -0.651. The molecule has 2 aliphatic heterocycles. The number of fused-ring (bicyclic) bond motifs is 1. The molecule has 1 amide bonds. The van der Waals surface area contributed by atoms with Crippen LogP contribution in [0.15, 0.2) is 78.5 Å². The second kappa shape index (κ2) is 10.9. The summed E-state index contributed by atoms with van der Waals surface area (Å²) in [6.45, 7) is 3.26. The summed E-state index contributed by atoms with van der Waals surface area (Å²) in [7, 11) is 0. The fraction of sp³-hybridized carbons (Fsp3) is 0.258. The van der Waals surface area contributed by atoms with E-state index in [0.29, 0.717) is 23.1 Å². The van der Waals surface area contributed by atoms with E-state index >= 15 is 0 Å². The lowest BCUT2D eigenvalue weighted by atomic mass is 9.78. The number of non-ortho nitro benzene ring substituents is 1. The van der Waals surface area contributed by atoms with Crippen LogP contribution in [-0.4, -0.2) is 45.2 Å². The van der Waals surface area contributed by atoms with Gasteiger partial charge in [0.1, 0.15) is 12.3 Å². The van der Waals surface area contributed by atoms with Crippen molar-refractivity contribution >= 4 is 28.9 Å². The zero-order chi connectivity index (χ0) is 28.6. The molecule has 9 nitrogen and oxygen atoms in total. The number of Topliss-reactive ketones (excluding diaryl/α,β-unsaturated/α-hetero) is 1. The molecule has 204 valence electrons. The van der Waals surface area contributed by atoms with Crippen LogP contribution in [0, 0.1) is 22.0 Å². The third-order valence-electron chi connectivity index (χ3n) is 7.70. The molecule has 40 heavy (non-hydrogen) atoms. The number of nitro benzene ring substituents is 1. The van der Waals surface area contributed by atoms with Crippen molar-refractivity contribution in [2.75, 3.05) is 6.61 Å². The summed E-state index contributed by atoms with van der Waals surface area (Å²) in [5.41, 5.74) is 4.70. The molecular formula is C31H28N2O7. The van der Waals surface area contributed by atoms with Crippen LogP contribution >= 0.6 is 0 Å². The Kier molecular flexibility index (Phi) is 7.32. The van der Waals surface area contributed by atoms with Crippen LogP contribution < -0.4 is 0 Å². The number of aliphatic hydroxyl groups excluding tert-OH is 1. The maximum Gasteiger partial charge on any atom is 0.355 e. The van der Waals surface area contributed by atoms with Crippen molar-refractivity contribution in [3.05, 3.63) is 105 Å². The molecule has 0 radical (unpaired) electrons. The molecule has 1 N–H and O–H groups in total. The Labute approximate surface area is 230 Å². The van der Waals surface area contributed by atoms with Crippen LogP contribution in [0.25, 0.3) is 16.7 Å². The molecule has 2 aliphatic rings. The van der Waals surface area contributed by atoms with E-state index in [-0.39, 0.29) is 54.2 Å². The summed E-state index contributed by atoms with van der Waals surface area (Å²) >= 11 is 0. The van der Waals surface area contributed by atoms with Gasteiger partial charge < -0.3 is 14.7 Å². The standard InChI is InChI=1S/C31H28N2O7/c1-18-27(24-11-9-23(10-12-24)22-7-5-21(6-8-22)19(2)35)29(32-28(18)26(15-16-34)30(32)36)31(37)40-17-20-3-13-25(14-4-20)33(38)39/h3-14,18,26,28,34H,15-17H2,1-2H3/t18-,26-,28+/m0/s1. The number of nitro groups is 1. The SMILES string of the molecule is CC(=O)c1ccc(-c2ccc(C3=C(C(=O)OCc4ccc([N+](=O)[O-])cc4)N4C(=O)[C@@H](CCO)[C@H]4[C@H]3C)cc2)cc1. The number of carbonyl (C=O) groups is 3. The molecule has 1 saturated heterocycles. The van der Waals surface area contributed by atoms with Gasteiger partial charge in [-0.1, -0.05) is 55.5 Å². The largest absolute Gasteiger partial charge is 0.456 e. The van der Waals surface area contributed by atoms with Gasteiger partial charge in [0.2, 0.25) is 5.91 Å². The first kappa shape index (κ1) is 27.0. The number of hydrogen-bond acceptors (Lipinski definition) is 7. The van der Waals surface area contributed by atoms with Crippen LogP contribution in [0.2, 0.25) is 0 Å². The Balaban J connectivity index is 1.44. The normalized spacial score (nSPS) is 19.7. The predicted octanol–water partition coefficient (Wildman–Crippen LogP) is 4.78. The second-order valence-electron chi connectivity index (χ2n) is 10.1. The van der Waals surface area contributed by atoms with E-state index in [1.54, 1.807) is 12.1 Å². The lowest BCUT2D eigenvalue weighted by Gasteiger charge is -2.45. The minimum absolute atomic E-state index is 0.00395. The number of β-lactam (4-membered cyclic amide) rings is 1. The van der Waals surface area contributed by atoms with Crippen molar-refractivity contribution < 1.29 is 29.2 Å². The van der Waals surface area contributed by atoms with E-state index in [2.05, 4.69) is 0 Å². The number of esters is 1. The fourth-order valence-electron chi connectivity index (χ4n) is 5.63. The first-order valence-electron chi connectivity index (χ1n) is 13.0. The van der Waals surface area contributed by atoms with E-state index in [1.807, 2.05) is 43.3 Å². The molecule has 0 bridgehead atoms. The molecule has 2 heterocycles. The zero-order valence-corrected chi connectivity index (χ0v) is 22.1. The highest BCUT2D eigenvalue weighted by atomic mass is 16.6. The molecule has 0 aromatic heterocycles. The average Bonchev–Trinajstić information content (AvgIpc) is 3.24. The van der Waals surface area contributed by atoms with Crippen molar-refractivity contribution in [3.63, 3.8) is 0 Å². The monoisotopic (exact) mass is 540 g/mol. The van der Waals surface area contributed by atoms with Gasteiger partial charge in [-0.3, -0.25) is 19.7 Å². The maximum absolute atomic E-state index is 13.4. The summed E-state index contributed by atoms with van der Waals surface area (Å²) in [4.78, 5) is 50.0. The number of carbonyl (C=O) groups excluding carboxylic acids is 3. The number of ether oxygens (including phenoxy) is 1. The Bertz CT molecular complexity index is 1510. The third-order valence-corrected chi connectivity index (χ3v) is 7.70. The average molecular weight is 541 g/mol. The van der Waals surface area contributed by atoms with Gasteiger partial charge in [-0.05, 0) is 53.3 Å². The van der Waals surface area contributed by atoms with Gasteiger partial charge in [0.05, 0.1) is 16.9 Å². The number of aliphatic hydroxyl groups is 1. The van der Waals surface area contributed by atoms with Crippen LogP contribution in [0.1, 0.15) is 41.8 Å². The van der Waals surface area contributed by atoms with E-state index in [0.717, 1.165) is 16.7 Å². The molecule has 5 rings (SSSR count). The summed E-state index contributed by atoms with van der Waals surface area (Å²) in [6.07, 6.45) is 0.317. The summed E-state index contributed by atoms with van der Waals surface area (Å²) in [6, 6.07) is 20.5. The van der Waals surface area contributed by atoms with E-state index < -0.39 is 10.9 Å². The molecular weight excluding hydrogens is 512 g/mol. The van der Waals surface area contributed by atoms with Crippen LogP contribution in [-0.2, 0) is 20.9 Å². The Morgan fingerprint density at radius 2 is 1.52 bits per heavy atom. The Morgan fingerprint density at radius 3 is 2.08 bits per heavy atom. The summed E-state index contributed by atoms with van der Waals surface area (Å²) in [5, 5.41) is 20.4. The van der Waals surface area contributed by atoms with Gasteiger partial charge in [-0.25, -0.2) is 4.79 Å². The van der Waals surface area contributed by atoms with Crippen LogP contribution in [0.5, 0.6) is 0 Å². The molecule has 9 heteroatoms. The second-order valence-corrected chi connectivity index (χ2v) is 10.1. The number of benzene rings is 3. The van der Waals surface area contributed by atoms with E-state index in [1.165, 1.54) is 36.1 Å². The maximum atomic E-state index is 13.4. The topological polar surface area (TPSA) is 127 Å². The smallest absolute Gasteiger partial charge is 0.355 e. The van der Waals surface area contributed by atoms with E-state index in [4.69, 9.17) is 4.74 Å². The Morgan fingerprint density at radius 1 is 0.950 bits per heavy atom. The van der Waals surface area contributed by atoms with Crippen molar-refractivity contribution in [2.45, 2.75) is 32.9 Å². The highest BCUT2D eigenvalue weighted by Gasteiger charge is 2.58. The van der Waals surface area contributed by atoms with Gasteiger partial charge in [0.25, 0.3) is 5.69 Å². The lowest BCUT2D eigenvalue weighted by molar-refractivity contribution is -0.384. The van der Waals surface area contributed by atoms with Gasteiger partial charge in [-0.2, -0.15) is 0 Å². The minimum Gasteiger partial charge on any atom is -0.456 e. The van der Waals surface area contributed by atoms with Gasteiger partial charge in [0.15, 0.2) is 5.78 Å². The van der Waals surface area contributed by atoms with Crippen molar-refractivity contribution in [3.8, 4) is 11.1 Å². The number of hydrogen-bond donors (Lipinski definition) is 1. The molecule has 0 aliphatic carbocycles. The first-order valence-corrected chi connectivity index (χ1v) is 13.0. The molecule has 0 spiro atoms. The number of nitrogens with zero attached hydrogens (tertiary/aromatic N) is 2. The third kappa shape index (κ3) is 4.80. The highest BCUT2D eigenvalue weighted by molar-refractivity contribution is 6.07. The molecule has 0 unspecified atom stereocenters. The van der Waals surface area contributed by atoms with Gasteiger partial charge >= 0.3 is 5.97 Å².